The fourth-order valence-corrected chi connectivity index (χ4v) is 4.09. The summed E-state index contributed by atoms with van der Waals surface area (Å²) in [7, 11) is 0. The van der Waals surface area contributed by atoms with Crippen LogP contribution in [0.4, 0.5) is 0 Å². The lowest BCUT2D eigenvalue weighted by Gasteiger charge is -2.27. The van der Waals surface area contributed by atoms with E-state index >= 15 is 0 Å². The van der Waals surface area contributed by atoms with E-state index in [1.54, 1.807) is 0 Å². The van der Waals surface area contributed by atoms with Crippen LogP contribution in [0.5, 0.6) is 0 Å². The van der Waals surface area contributed by atoms with Crippen molar-refractivity contribution >= 4 is 11.3 Å². The van der Waals surface area contributed by atoms with Crippen molar-refractivity contribution in [3.63, 3.8) is 0 Å². The van der Waals surface area contributed by atoms with E-state index in [1.807, 2.05) is 16.9 Å². The van der Waals surface area contributed by atoms with Crippen LogP contribution in [0.3, 0.4) is 0 Å². The van der Waals surface area contributed by atoms with Crippen LogP contribution in [-0.4, -0.2) is 54.5 Å². The monoisotopic (exact) mass is 326 g/mol. The van der Waals surface area contributed by atoms with Crippen molar-refractivity contribution in [1.82, 2.24) is 9.47 Å². The summed E-state index contributed by atoms with van der Waals surface area (Å²) in [5, 5.41) is 1.94. The third-order valence-electron chi connectivity index (χ3n) is 4.59. The van der Waals surface area contributed by atoms with Crippen LogP contribution in [0.1, 0.15) is 31.4 Å². The van der Waals surface area contributed by atoms with E-state index in [1.165, 1.54) is 24.2 Å². The van der Waals surface area contributed by atoms with Crippen LogP contribution in [0, 0.1) is 6.92 Å². The van der Waals surface area contributed by atoms with Gasteiger partial charge in [-0.1, -0.05) is 11.3 Å². The fourth-order valence-electron chi connectivity index (χ4n) is 3.33. The molecular formula is C16H26N2O3S. The molecule has 0 saturated carbocycles. The van der Waals surface area contributed by atoms with Crippen LogP contribution < -0.4 is 4.87 Å². The zero-order chi connectivity index (χ0) is 15.4. The number of aromatic nitrogens is 1. The van der Waals surface area contributed by atoms with Gasteiger partial charge in [0.1, 0.15) is 0 Å². The topological polar surface area (TPSA) is 43.7 Å². The van der Waals surface area contributed by atoms with Gasteiger partial charge in [-0.2, -0.15) is 0 Å². The summed E-state index contributed by atoms with van der Waals surface area (Å²) >= 11 is 1.29. The van der Waals surface area contributed by atoms with Gasteiger partial charge in [0.2, 0.25) is 0 Å². The molecule has 2 fully saturated rings. The molecule has 0 aliphatic carbocycles. The van der Waals surface area contributed by atoms with Gasteiger partial charge in [-0.15, -0.1) is 0 Å². The smallest absolute Gasteiger partial charge is 0.307 e. The van der Waals surface area contributed by atoms with Crippen molar-refractivity contribution in [3.8, 4) is 0 Å². The quantitative estimate of drug-likeness (QED) is 0.767. The minimum atomic E-state index is 0.145. The molecule has 0 bridgehead atoms. The van der Waals surface area contributed by atoms with Crippen LogP contribution >= 0.6 is 11.3 Å². The third kappa shape index (κ3) is 4.19. The van der Waals surface area contributed by atoms with Gasteiger partial charge >= 0.3 is 4.87 Å². The Bertz CT molecular complexity index is 498. The second-order valence-corrected chi connectivity index (χ2v) is 7.14. The first-order valence-corrected chi connectivity index (χ1v) is 9.21. The molecule has 2 aliphatic heterocycles. The van der Waals surface area contributed by atoms with E-state index in [2.05, 4.69) is 4.90 Å². The number of hydrogen-bond donors (Lipinski definition) is 0. The molecule has 3 rings (SSSR count). The summed E-state index contributed by atoms with van der Waals surface area (Å²) in [6, 6.07) is 0. The molecule has 0 N–H and O–H groups in total. The molecule has 2 atom stereocenters. The largest absolute Gasteiger partial charge is 0.377 e. The average molecular weight is 326 g/mol. The van der Waals surface area contributed by atoms with E-state index < -0.39 is 0 Å². The van der Waals surface area contributed by atoms with E-state index in [0.717, 1.165) is 57.9 Å². The first kappa shape index (κ1) is 16.2. The maximum Gasteiger partial charge on any atom is 0.307 e. The normalized spacial score (nSPS) is 25.4. The zero-order valence-corrected chi connectivity index (χ0v) is 14.1. The van der Waals surface area contributed by atoms with Crippen molar-refractivity contribution in [2.75, 3.05) is 32.8 Å². The van der Waals surface area contributed by atoms with Crippen LogP contribution in [0.2, 0.25) is 0 Å². The van der Waals surface area contributed by atoms with E-state index in [4.69, 9.17) is 9.47 Å². The molecule has 0 amide bonds. The number of aryl methyl sites for hydroxylation is 1. The molecule has 0 aromatic carbocycles. The van der Waals surface area contributed by atoms with Gasteiger partial charge in [-0.3, -0.25) is 9.69 Å². The Morgan fingerprint density at radius 3 is 2.32 bits per heavy atom. The van der Waals surface area contributed by atoms with Gasteiger partial charge in [0.15, 0.2) is 0 Å². The van der Waals surface area contributed by atoms with Gasteiger partial charge in [0, 0.05) is 50.5 Å². The second-order valence-electron chi connectivity index (χ2n) is 6.32. The highest BCUT2D eigenvalue weighted by Gasteiger charge is 2.23. The fraction of sp³-hybridized carbons (Fsp3) is 0.812. The lowest BCUT2D eigenvalue weighted by atomic mass is 10.2. The van der Waals surface area contributed by atoms with Gasteiger partial charge in [0.05, 0.1) is 12.2 Å². The van der Waals surface area contributed by atoms with Gasteiger partial charge in [0.25, 0.3) is 0 Å². The van der Waals surface area contributed by atoms with E-state index in [-0.39, 0.29) is 4.87 Å². The number of hydrogen-bond acceptors (Lipinski definition) is 5. The summed E-state index contributed by atoms with van der Waals surface area (Å²) in [5.41, 5.74) is 1.06. The van der Waals surface area contributed by atoms with Crippen LogP contribution in [-0.2, 0) is 16.0 Å². The van der Waals surface area contributed by atoms with Gasteiger partial charge in [-0.25, -0.2) is 0 Å². The summed E-state index contributed by atoms with van der Waals surface area (Å²) in [6.45, 7) is 7.34. The van der Waals surface area contributed by atoms with E-state index in [9.17, 15) is 4.79 Å². The molecule has 3 heterocycles. The second kappa shape index (κ2) is 7.73. The van der Waals surface area contributed by atoms with Crippen molar-refractivity contribution < 1.29 is 9.47 Å². The predicted molar refractivity (Wildman–Crippen MR) is 87.7 cm³/mol. The zero-order valence-electron chi connectivity index (χ0n) is 13.3. The maximum atomic E-state index is 11.9. The predicted octanol–water partition coefficient (Wildman–Crippen LogP) is 1.88. The number of rotatable bonds is 7. The summed E-state index contributed by atoms with van der Waals surface area (Å²) in [4.78, 5) is 14.4. The van der Waals surface area contributed by atoms with Gasteiger partial charge < -0.3 is 14.0 Å². The molecule has 0 spiro atoms. The molecule has 0 unspecified atom stereocenters. The highest BCUT2D eigenvalue weighted by atomic mass is 32.1. The average Bonchev–Trinajstić information content (AvgIpc) is 3.22. The summed E-state index contributed by atoms with van der Waals surface area (Å²) in [6.07, 6.45) is 5.34. The van der Waals surface area contributed by atoms with Crippen molar-refractivity contribution in [1.29, 1.82) is 0 Å². The molecule has 22 heavy (non-hydrogen) atoms. The molecule has 6 heteroatoms. The van der Waals surface area contributed by atoms with Crippen LogP contribution in [0.15, 0.2) is 10.2 Å². The first-order chi connectivity index (χ1) is 10.7. The standard InChI is InChI=1S/C16H26N2O3S/c1-13-12-22-16(19)18(13)7-6-17(10-14-4-2-8-20-14)11-15-5-3-9-21-15/h12,14-15H,2-11H2,1H3/t14-,15-/m1/s1. The summed E-state index contributed by atoms with van der Waals surface area (Å²) < 4.78 is 13.4. The minimum absolute atomic E-state index is 0.145. The molecule has 124 valence electrons. The first-order valence-electron chi connectivity index (χ1n) is 8.33. The molecule has 2 saturated heterocycles. The lowest BCUT2D eigenvalue weighted by molar-refractivity contribution is 0.0363. The Morgan fingerprint density at radius 2 is 1.86 bits per heavy atom. The summed E-state index contributed by atoms with van der Waals surface area (Å²) in [5.74, 6) is 0. The number of thiazole rings is 1. The molecule has 5 nitrogen and oxygen atoms in total. The van der Waals surface area contributed by atoms with Crippen molar-refractivity contribution in [2.24, 2.45) is 0 Å². The van der Waals surface area contributed by atoms with Crippen LogP contribution in [0.25, 0.3) is 0 Å². The lowest BCUT2D eigenvalue weighted by Crippen LogP contribution is -2.40. The highest BCUT2D eigenvalue weighted by molar-refractivity contribution is 7.07. The third-order valence-corrected chi connectivity index (χ3v) is 5.47. The Morgan fingerprint density at radius 1 is 1.23 bits per heavy atom. The maximum absolute atomic E-state index is 11.9. The molecular weight excluding hydrogens is 300 g/mol. The highest BCUT2D eigenvalue weighted by Crippen LogP contribution is 2.17. The van der Waals surface area contributed by atoms with Crippen molar-refractivity contribution in [3.05, 3.63) is 20.7 Å². The Labute approximate surface area is 135 Å². The molecule has 0 radical (unpaired) electrons. The van der Waals surface area contributed by atoms with E-state index in [0.29, 0.717) is 12.2 Å². The molecule has 2 aliphatic rings. The van der Waals surface area contributed by atoms with Crippen molar-refractivity contribution in [2.45, 2.75) is 51.4 Å². The minimum Gasteiger partial charge on any atom is -0.377 e. The number of nitrogens with zero attached hydrogens (tertiary/aromatic N) is 2. The molecule has 1 aromatic heterocycles. The van der Waals surface area contributed by atoms with Gasteiger partial charge in [-0.05, 0) is 32.6 Å². The SMILES string of the molecule is Cc1csc(=O)n1CCN(C[C@H]1CCCO1)C[C@H]1CCCO1. The molecule has 1 aromatic rings. The Kier molecular flexibility index (Phi) is 5.68. The Hall–Kier alpha value is -0.690. The Balaban J connectivity index is 1.57. The number of ether oxygens (including phenoxy) is 2.